The fraction of sp³-hybridized carbons (Fsp3) is 0.400. The highest BCUT2D eigenvalue weighted by molar-refractivity contribution is 7.89. The molecule has 0 spiro atoms. The standard InChI is InChI=1S/C25H29N5O4S/c1-7-17-15-30(24(31)34-25(3,4)5)23-22(17)28-21(14-27-23)18-11-19(29-10-8-9-16(29)2)13-20(12-18)35(32,33)26-6/h1,11-16,26H,8-10H2,2-6H3. The van der Waals surface area contributed by atoms with Crippen molar-refractivity contribution < 1.29 is 17.9 Å². The number of hydrogen-bond acceptors (Lipinski definition) is 7. The highest BCUT2D eigenvalue weighted by atomic mass is 32.2. The van der Waals surface area contributed by atoms with Gasteiger partial charge in [0.05, 0.1) is 22.3 Å². The molecule has 1 aromatic carbocycles. The molecule has 9 nitrogen and oxygen atoms in total. The normalized spacial score (nSPS) is 16.5. The van der Waals surface area contributed by atoms with Crippen LogP contribution < -0.4 is 9.62 Å². The van der Waals surface area contributed by atoms with Crippen LogP contribution in [0, 0.1) is 12.3 Å². The van der Waals surface area contributed by atoms with Gasteiger partial charge in [0.2, 0.25) is 10.0 Å². The predicted molar refractivity (Wildman–Crippen MR) is 135 cm³/mol. The van der Waals surface area contributed by atoms with Crippen molar-refractivity contribution in [2.75, 3.05) is 18.5 Å². The average molecular weight is 496 g/mol. The average Bonchev–Trinajstić information content (AvgIpc) is 3.40. The topological polar surface area (TPSA) is 106 Å². The summed E-state index contributed by atoms with van der Waals surface area (Å²) in [5, 5.41) is 0. The zero-order valence-corrected chi connectivity index (χ0v) is 21.3. The first-order chi connectivity index (χ1) is 16.4. The van der Waals surface area contributed by atoms with E-state index in [9.17, 15) is 13.2 Å². The van der Waals surface area contributed by atoms with Crippen molar-refractivity contribution in [3.05, 3.63) is 36.2 Å². The van der Waals surface area contributed by atoms with Crippen LogP contribution in [0.1, 0.15) is 46.1 Å². The Morgan fingerprint density at radius 3 is 2.63 bits per heavy atom. The molecule has 0 aliphatic carbocycles. The van der Waals surface area contributed by atoms with Gasteiger partial charge in [-0.15, -0.1) is 6.42 Å². The smallest absolute Gasteiger partial charge is 0.420 e. The molecule has 1 unspecified atom stereocenters. The lowest BCUT2D eigenvalue weighted by atomic mass is 10.1. The Kier molecular flexibility index (Phi) is 6.34. The van der Waals surface area contributed by atoms with Gasteiger partial charge < -0.3 is 9.64 Å². The number of rotatable bonds is 4. The molecule has 1 atom stereocenters. The number of benzene rings is 1. The highest BCUT2D eigenvalue weighted by Gasteiger charge is 2.25. The molecule has 1 saturated heterocycles. The fourth-order valence-corrected chi connectivity index (χ4v) is 4.97. The van der Waals surface area contributed by atoms with Crippen LogP contribution in [0.2, 0.25) is 0 Å². The van der Waals surface area contributed by atoms with Crippen molar-refractivity contribution in [3.63, 3.8) is 0 Å². The third kappa shape index (κ3) is 4.88. The van der Waals surface area contributed by atoms with E-state index in [1.165, 1.54) is 24.0 Å². The Morgan fingerprint density at radius 2 is 2.03 bits per heavy atom. The van der Waals surface area contributed by atoms with Gasteiger partial charge in [0.25, 0.3) is 0 Å². The maximum Gasteiger partial charge on any atom is 0.420 e. The zero-order chi connectivity index (χ0) is 25.5. The third-order valence-corrected chi connectivity index (χ3v) is 7.28. The molecule has 1 N–H and O–H groups in total. The second kappa shape index (κ2) is 8.98. The van der Waals surface area contributed by atoms with Crippen molar-refractivity contribution in [1.82, 2.24) is 19.3 Å². The van der Waals surface area contributed by atoms with E-state index >= 15 is 0 Å². The molecular formula is C25H29N5O4S. The van der Waals surface area contributed by atoms with Gasteiger partial charge in [-0.05, 0) is 65.8 Å². The number of fused-ring (bicyclic) bond motifs is 1. The van der Waals surface area contributed by atoms with E-state index in [1.807, 2.05) is 6.07 Å². The summed E-state index contributed by atoms with van der Waals surface area (Å²) < 4.78 is 34.5. The van der Waals surface area contributed by atoms with Crippen LogP contribution in [0.3, 0.4) is 0 Å². The first kappa shape index (κ1) is 24.7. The Hall–Kier alpha value is -3.42. The van der Waals surface area contributed by atoms with Gasteiger partial charge in [-0.1, -0.05) is 5.92 Å². The van der Waals surface area contributed by atoms with Crippen molar-refractivity contribution in [2.45, 2.75) is 57.1 Å². The van der Waals surface area contributed by atoms with Crippen molar-refractivity contribution in [2.24, 2.45) is 0 Å². The first-order valence-corrected chi connectivity index (χ1v) is 12.9. The molecule has 1 aliphatic rings. The molecule has 1 fully saturated rings. The number of terminal acetylenes is 1. The van der Waals surface area contributed by atoms with E-state index in [1.54, 1.807) is 32.9 Å². The SMILES string of the molecule is C#Cc1cn(C(=O)OC(C)(C)C)c2ncc(-c3cc(N4CCCC4C)cc(S(=O)(=O)NC)c3)nc12. The minimum absolute atomic E-state index is 0.136. The Morgan fingerprint density at radius 1 is 1.29 bits per heavy atom. The van der Waals surface area contributed by atoms with Crippen molar-refractivity contribution in [1.29, 1.82) is 0 Å². The van der Waals surface area contributed by atoms with E-state index in [-0.39, 0.29) is 10.5 Å². The Bertz CT molecular complexity index is 1450. The van der Waals surface area contributed by atoms with E-state index < -0.39 is 21.7 Å². The molecule has 0 amide bonds. The molecule has 3 heterocycles. The van der Waals surface area contributed by atoms with Crippen LogP contribution in [-0.2, 0) is 14.8 Å². The summed E-state index contributed by atoms with van der Waals surface area (Å²) in [6, 6.07) is 5.44. The van der Waals surface area contributed by atoms with Crippen LogP contribution in [0.5, 0.6) is 0 Å². The fourth-order valence-electron chi connectivity index (χ4n) is 4.17. The third-order valence-electron chi connectivity index (χ3n) is 5.89. The molecule has 184 valence electrons. The molecule has 3 aromatic rings. The molecule has 35 heavy (non-hydrogen) atoms. The van der Waals surface area contributed by atoms with E-state index in [0.29, 0.717) is 28.4 Å². The molecule has 4 rings (SSSR count). The van der Waals surface area contributed by atoms with Gasteiger partial charge in [-0.3, -0.25) is 0 Å². The van der Waals surface area contributed by atoms with Gasteiger partial charge in [-0.2, -0.15) is 0 Å². The number of nitrogens with one attached hydrogen (secondary N) is 1. The van der Waals surface area contributed by atoms with Crippen molar-refractivity contribution in [3.8, 4) is 23.6 Å². The lowest BCUT2D eigenvalue weighted by Crippen LogP contribution is -2.27. The van der Waals surface area contributed by atoms with Gasteiger partial charge >= 0.3 is 6.09 Å². The number of anilines is 1. The summed E-state index contributed by atoms with van der Waals surface area (Å²) in [6.45, 7) is 8.28. The molecule has 0 saturated carbocycles. The van der Waals surface area contributed by atoms with Gasteiger partial charge in [-0.25, -0.2) is 32.5 Å². The van der Waals surface area contributed by atoms with Gasteiger partial charge in [0.15, 0.2) is 5.65 Å². The van der Waals surface area contributed by atoms with Crippen LogP contribution in [0.4, 0.5) is 10.5 Å². The minimum Gasteiger partial charge on any atom is -0.443 e. The summed E-state index contributed by atoms with van der Waals surface area (Å²) in [7, 11) is -2.32. The van der Waals surface area contributed by atoms with E-state index in [4.69, 9.17) is 11.2 Å². The largest absolute Gasteiger partial charge is 0.443 e. The molecule has 0 bridgehead atoms. The second-order valence-corrected chi connectivity index (χ2v) is 11.5. The van der Waals surface area contributed by atoms with Gasteiger partial charge in [0.1, 0.15) is 11.1 Å². The molecule has 2 aromatic heterocycles. The number of hydrogen-bond donors (Lipinski definition) is 1. The predicted octanol–water partition coefficient (Wildman–Crippen LogP) is 3.76. The summed E-state index contributed by atoms with van der Waals surface area (Å²) in [6.07, 6.45) is 10.1. The number of carbonyl (C=O) groups is 1. The molecule has 10 heteroatoms. The monoisotopic (exact) mass is 495 g/mol. The molecule has 0 radical (unpaired) electrons. The van der Waals surface area contributed by atoms with E-state index in [2.05, 4.69) is 32.4 Å². The first-order valence-electron chi connectivity index (χ1n) is 11.4. The molecular weight excluding hydrogens is 466 g/mol. The van der Waals surface area contributed by atoms with E-state index in [0.717, 1.165) is 25.1 Å². The highest BCUT2D eigenvalue weighted by Crippen LogP contribution is 2.33. The second-order valence-electron chi connectivity index (χ2n) is 9.57. The quantitative estimate of drug-likeness (QED) is 0.549. The lowest BCUT2D eigenvalue weighted by Gasteiger charge is -2.25. The summed E-state index contributed by atoms with van der Waals surface area (Å²) in [5.41, 5.74) is 2.13. The number of aromatic nitrogens is 3. The van der Waals surface area contributed by atoms with Gasteiger partial charge in [0, 0.05) is 30.0 Å². The Labute approximate surface area is 205 Å². The number of nitrogens with zero attached hydrogens (tertiary/aromatic N) is 4. The zero-order valence-electron chi connectivity index (χ0n) is 20.5. The minimum atomic E-state index is -3.70. The summed E-state index contributed by atoms with van der Waals surface area (Å²) in [4.78, 5) is 24.2. The number of ether oxygens (including phenoxy) is 1. The van der Waals surface area contributed by atoms with Crippen LogP contribution in [0.25, 0.3) is 22.4 Å². The number of sulfonamides is 1. The number of carbonyl (C=O) groups excluding carboxylic acids is 1. The van der Waals surface area contributed by atoms with Crippen LogP contribution in [0.15, 0.2) is 35.5 Å². The maximum atomic E-state index is 12.7. The summed E-state index contributed by atoms with van der Waals surface area (Å²) in [5.74, 6) is 2.55. The van der Waals surface area contributed by atoms with Crippen LogP contribution >= 0.6 is 0 Å². The van der Waals surface area contributed by atoms with Crippen LogP contribution in [-0.4, -0.2) is 54.3 Å². The Balaban J connectivity index is 1.86. The van der Waals surface area contributed by atoms with Crippen molar-refractivity contribution >= 4 is 33.0 Å². The maximum absolute atomic E-state index is 12.7. The molecule has 1 aliphatic heterocycles. The lowest BCUT2D eigenvalue weighted by molar-refractivity contribution is 0.0543. The summed E-state index contributed by atoms with van der Waals surface area (Å²) >= 11 is 0.